The standard InChI is InChI=1S/C16H19NO3S/c1-2-7-16(15(19)20)8-9-17(16)14(18)12-10-21-13-6-4-3-5-11(12)13/h3-6,10,14,18H,2,7-9H2,1H3,(H,19,20). The lowest BCUT2D eigenvalue weighted by molar-refractivity contribution is -0.184. The number of thiophene rings is 1. The van der Waals surface area contributed by atoms with Crippen molar-refractivity contribution in [1.29, 1.82) is 0 Å². The highest BCUT2D eigenvalue weighted by Gasteiger charge is 2.53. The Morgan fingerprint density at radius 3 is 2.86 bits per heavy atom. The van der Waals surface area contributed by atoms with E-state index in [1.165, 1.54) is 0 Å². The number of hydrogen-bond donors (Lipinski definition) is 2. The minimum Gasteiger partial charge on any atom is -0.480 e. The Kier molecular flexibility index (Phi) is 3.73. The van der Waals surface area contributed by atoms with Crippen LogP contribution in [-0.4, -0.2) is 33.2 Å². The second-order valence-electron chi connectivity index (χ2n) is 5.59. The molecule has 2 atom stereocenters. The monoisotopic (exact) mass is 305 g/mol. The summed E-state index contributed by atoms with van der Waals surface area (Å²) in [6, 6.07) is 7.91. The molecular formula is C16H19NO3S. The van der Waals surface area contributed by atoms with Crippen LogP contribution in [0.15, 0.2) is 29.6 Å². The van der Waals surface area contributed by atoms with Crippen LogP contribution in [0.1, 0.15) is 38.0 Å². The zero-order chi connectivity index (χ0) is 15.0. The topological polar surface area (TPSA) is 60.8 Å². The van der Waals surface area contributed by atoms with Crippen molar-refractivity contribution in [2.45, 2.75) is 38.0 Å². The Bertz CT molecular complexity index is 668. The normalized spacial score (nSPS) is 23.9. The number of likely N-dealkylation sites (tertiary alicyclic amines) is 1. The smallest absolute Gasteiger partial charge is 0.324 e. The van der Waals surface area contributed by atoms with Gasteiger partial charge >= 0.3 is 5.97 Å². The number of carboxylic acid groups (broad SMARTS) is 1. The predicted octanol–water partition coefficient (Wildman–Crippen LogP) is 3.22. The summed E-state index contributed by atoms with van der Waals surface area (Å²) in [6.45, 7) is 2.60. The molecule has 1 fully saturated rings. The average Bonchev–Trinajstić information content (AvgIpc) is 2.86. The molecule has 0 aliphatic carbocycles. The van der Waals surface area contributed by atoms with Crippen molar-refractivity contribution in [1.82, 2.24) is 4.90 Å². The lowest BCUT2D eigenvalue weighted by Gasteiger charge is -2.51. The molecule has 2 unspecified atom stereocenters. The molecule has 1 aliphatic rings. The summed E-state index contributed by atoms with van der Waals surface area (Å²) in [5.41, 5.74) is -0.0889. The summed E-state index contributed by atoms with van der Waals surface area (Å²) < 4.78 is 1.11. The van der Waals surface area contributed by atoms with Crippen molar-refractivity contribution in [3.05, 3.63) is 35.2 Å². The number of hydrogen-bond acceptors (Lipinski definition) is 4. The summed E-state index contributed by atoms with van der Waals surface area (Å²) in [6.07, 6.45) is 1.12. The summed E-state index contributed by atoms with van der Waals surface area (Å²) in [4.78, 5) is 13.4. The van der Waals surface area contributed by atoms with Crippen LogP contribution in [0.3, 0.4) is 0 Å². The molecule has 2 aromatic rings. The van der Waals surface area contributed by atoms with Crippen LogP contribution < -0.4 is 0 Å². The molecule has 5 heteroatoms. The van der Waals surface area contributed by atoms with Crippen molar-refractivity contribution in [2.24, 2.45) is 0 Å². The van der Waals surface area contributed by atoms with E-state index in [0.717, 1.165) is 22.1 Å². The minimum atomic E-state index is -0.906. The highest BCUT2D eigenvalue weighted by atomic mass is 32.1. The predicted molar refractivity (Wildman–Crippen MR) is 83.4 cm³/mol. The summed E-state index contributed by atoms with van der Waals surface area (Å²) in [5.74, 6) is -0.825. The Labute approximate surface area is 127 Å². The molecule has 1 aromatic heterocycles. The fourth-order valence-electron chi connectivity index (χ4n) is 3.25. The van der Waals surface area contributed by atoms with Crippen LogP contribution in [-0.2, 0) is 4.79 Å². The van der Waals surface area contributed by atoms with Crippen molar-refractivity contribution in [2.75, 3.05) is 6.54 Å². The van der Waals surface area contributed by atoms with Gasteiger partial charge in [-0.25, -0.2) is 0 Å². The van der Waals surface area contributed by atoms with Crippen LogP contribution in [0, 0.1) is 0 Å². The Balaban J connectivity index is 1.95. The number of carboxylic acids is 1. The number of carbonyl (C=O) groups is 1. The molecule has 2 heterocycles. The first-order valence-electron chi connectivity index (χ1n) is 7.24. The Morgan fingerprint density at radius 1 is 1.48 bits per heavy atom. The first-order valence-corrected chi connectivity index (χ1v) is 8.12. The number of fused-ring (bicyclic) bond motifs is 1. The Morgan fingerprint density at radius 2 is 2.24 bits per heavy atom. The van der Waals surface area contributed by atoms with E-state index in [2.05, 4.69) is 0 Å². The average molecular weight is 305 g/mol. The summed E-state index contributed by atoms with van der Waals surface area (Å²) >= 11 is 1.58. The van der Waals surface area contributed by atoms with E-state index >= 15 is 0 Å². The van der Waals surface area contributed by atoms with Gasteiger partial charge in [-0.3, -0.25) is 9.69 Å². The summed E-state index contributed by atoms with van der Waals surface area (Å²) in [5, 5.41) is 23.3. The van der Waals surface area contributed by atoms with Gasteiger partial charge in [0.15, 0.2) is 0 Å². The number of nitrogens with zero attached hydrogens (tertiary/aromatic N) is 1. The van der Waals surface area contributed by atoms with E-state index in [4.69, 9.17) is 0 Å². The minimum absolute atomic E-state index is 0.571. The van der Waals surface area contributed by atoms with Crippen LogP contribution in [0.2, 0.25) is 0 Å². The molecule has 1 saturated heterocycles. The van der Waals surface area contributed by atoms with Gasteiger partial charge in [0.25, 0.3) is 0 Å². The third kappa shape index (κ3) is 2.16. The molecule has 0 bridgehead atoms. The first kappa shape index (κ1) is 14.5. The maximum absolute atomic E-state index is 11.7. The van der Waals surface area contributed by atoms with Crippen molar-refractivity contribution >= 4 is 27.4 Å². The third-order valence-electron chi connectivity index (χ3n) is 4.46. The molecule has 0 saturated carbocycles. The van der Waals surface area contributed by atoms with E-state index in [1.54, 1.807) is 16.2 Å². The number of aliphatic carboxylic acids is 1. The SMILES string of the molecule is CCCC1(C(=O)O)CCN1C(O)c1csc2ccccc12. The highest BCUT2D eigenvalue weighted by molar-refractivity contribution is 7.17. The van der Waals surface area contributed by atoms with E-state index < -0.39 is 17.7 Å². The number of aliphatic hydroxyl groups is 1. The zero-order valence-corrected chi connectivity index (χ0v) is 12.8. The lowest BCUT2D eigenvalue weighted by Crippen LogP contribution is -2.65. The van der Waals surface area contributed by atoms with Crippen molar-refractivity contribution in [3.63, 3.8) is 0 Å². The molecule has 21 heavy (non-hydrogen) atoms. The molecule has 0 spiro atoms. The van der Waals surface area contributed by atoms with Crippen LogP contribution in [0.5, 0.6) is 0 Å². The van der Waals surface area contributed by atoms with Gasteiger partial charge < -0.3 is 10.2 Å². The summed E-state index contributed by atoms with van der Waals surface area (Å²) in [7, 11) is 0. The maximum Gasteiger partial charge on any atom is 0.324 e. The molecule has 0 radical (unpaired) electrons. The highest BCUT2D eigenvalue weighted by Crippen LogP contribution is 2.43. The van der Waals surface area contributed by atoms with Gasteiger partial charge in [-0.1, -0.05) is 31.5 Å². The van der Waals surface area contributed by atoms with E-state index in [0.29, 0.717) is 19.4 Å². The molecule has 1 aromatic carbocycles. The van der Waals surface area contributed by atoms with Gasteiger partial charge in [-0.15, -0.1) is 11.3 Å². The van der Waals surface area contributed by atoms with E-state index in [-0.39, 0.29) is 0 Å². The number of benzene rings is 1. The lowest BCUT2D eigenvalue weighted by atomic mass is 9.79. The van der Waals surface area contributed by atoms with Gasteiger partial charge in [0.2, 0.25) is 0 Å². The largest absolute Gasteiger partial charge is 0.480 e. The van der Waals surface area contributed by atoms with Crippen molar-refractivity contribution in [3.8, 4) is 0 Å². The molecule has 4 nitrogen and oxygen atoms in total. The molecular weight excluding hydrogens is 286 g/mol. The number of aliphatic hydroxyl groups excluding tert-OH is 1. The van der Waals surface area contributed by atoms with Gasteiger partial charge in [0.05, 0.1) is 0 Å². The first-order chi connectivity index (χ1) is 10.1. The fraction of sp³-hybridized carbons (Fsp3) is 0.438. The van der Waals surface area contributed by atoms with Gasteiger partial charge in [0.1, 0.15) is 11.8 Å². The molecule has 3 rings (SSSR count). The third-order valence-corrected chi connectivity index (χ3v) is 5.44. The van der Waals surface area contributed by atoms with Crippen LogP contribution in [0.25, 0.3) is 10.1 Å². The second-order valence-corrected chi connectivity index (χ2v) is 6.50. The Hall–Kier alpha value is -1.43. The van der Waals surface area contributed by atoms with Gasteiger partial charge in [-0.2, -0.15) is 0 Å². The van der Waals surface area contributed by atoms with E-state index in [9.17, 15) is 15.0 Å². The molecule has 1 aliphatic heterocycles. The zero-order valence-electron chi connectivity index (χ0n) is 12.0. The second kappa shape index (κ2) is 5.40. The van der Waals surface area contributed by atoms with E-state index in [1.807, 2.05) is 36.6 Å². The molecule has 0 amide bonds. The maximum atomic E-state index is 11.7. The van der Waals surface area contributed by atoms with Gasteiger partial charge in [-0.05, 0) is 29.7 Å². The number of rotatable bonds is 5. The van der Waals surface area contributed by atoms with Crippen LogP contribution in [0.4, 0.5) is 0 Å². The van der Waals surface area contributed by atoms with Crippen molar-refractivity contribution < 1.29 is 15.0 Å². The molecule has 2 N–H and O–H groups in total. The quantitative estimate of drug-likeness (QED) is 0.890. The van der Waals surface area contributed by atoms with Crippen LogP contribution >= 0.6 is 11.3 Å². The van der Waals surface area contributed by atoms with Gasteiger partial charge in [0, 0.05) is 16.8 Å². The fourth-order valence-corrected chi connectivity index (χ4v) is 4.22. The molecule has 112 valence electrons.